The number of rotatable bonds is 4. The van der Waals surface area contributed by atoms with Crippen LogP contribution in [0.3, 0.4) is 0 Å². The minimum absolute atomic E-state index is 0.0198. The van der Waals surface area contributed by atoms with Crippen molar-refractivity contribution in [2.24, 2.45) is 0 Å². The molecule has 1 heterocycles. The Balaban J connectivity index is 3.13. The molecule has 1 aromatic rings. The Morgan fingerprint density at radius 1 is 1.41 bits per heavy atom. The summed E-state index contributed by atoms with van der Waals surface area (Å²) in [5, 5.41) is 17.1. The third-order valence-electron chi connectivity index (χ3n) is 2.09. The number of aromatic nitrogens is 1. The summed E-state index contributed by atoms with van der Waals surface area (Å²) < 4.78 is 25.0. The highest BCUT2D eigenvalue weighted by atomic mass is 32.2. The number of nitrogens with zero attached hydrogens (tertiary/aromatic N) is 4. The molecule has 17 heavy (non-hydrogen) atoms. The molecule has 0 fully saturated rings. The summed E-state index contributed by atoms with van der Waals surface area (Å²) in [6.07, 6.45) is 1.12. The van der Waals surface area contributed by atoms with Gasteiger partial charge >= 0.3 is 0 Å². The number of hydrogen-bond acceptors (Lipinski definition) is 5. The maximum absolute atomic E-state index is 12.0. The van der Waals surface area contributed by atoms with Crippen LogP contribution in [0.2, 0.25) is 0 Å². The average Bonchev–Trinajstić information content (AvgIpc) is 2.35. The van der Waals surface area contributed by atoms with Crippen LogP contribution in [0, 0.1) is 22.7 Å². The van der Waals surface area contributed by atoms with E-state index in [9.17, 15) is 8.42 Å². The molecule has 1 aromatic heterocycles. The van der Waals surface area contributed by atoms with Crippen LogP contribution >= 0.6 is 0 Å². The normalized spacial score (nSPS) is 10.8. The lowest BCUT2D eigenvalue weighted by atomic mass is 10.4. The minimum atomic E-state index is -3.70. The average molecular weight is 250 g/mol. The van der Waals surface area contributed by atoms with Crippen molar-refractivity contribution >= 4 is 10.0 Å². The van der Waals surface area contributed by atoms with Gasteiger partial charge in [-0.05, 0) is 12.1 Å². The van der Waals surface area contributed by atoms with Crippen molar-refractivity contribution in [3.63, 3.8) is 0 Å². The molecule has 0 radical (unpaired) electrons. The zero-order valence-electron chi connectivity index (χ0n) is 9.16. The van der Waals surface area contributed by atoms with Gasteiger partial charge in [-0.15, -0.1) is 0 Å². The summed E-state index contributed by atoms with van der Waals surface area (Å²) >= 11 is 0. The van der Waals surface area contributed by atoms with Crippen molar-refractivity contribution in [2.75, 3.05) is 13.1 Å². The molecule has 0 atom stereocenters. The van der Waals surface area contributed by atoms with Crippen LogP contribution in [0.4, 0.5) is 0 Å². The van der Waals surface area contributed by atoms with Gasteiger partial charge in [0.05, 0.1) is 6.07 Å². The van der Waals surface area contributed by atoms with E-state index in [0.717, 1.165) is 10.5 Å². The van der Waals surface area contributed by atoms with Gasteiger partial charge < -0.3 is 0 Å². The van der Waals surface area contributed by atoms with Crippen LogP contribution in [0.25, 0.3) is 0 Å². The smallest absolute Gasteiger partial charge is 0.244 e. The van der Waals surface area contributed by atoms with Gasteiger partial charge in [-0.3, -0.25) is 0 Å². The number of pyridine rings is 1. The molecular weight excluding hydrogens is 240 g/mol. The zero-order valence-corrected chi connectivity index (χ0v) is 9.98. The van der Waals surface area contributed by atoms with E-state index in [1.165, 1.54) is 12.1 Å². The molecule has 0 aliphatic heterocycles. The van der Waals surface area contributed by atoms with E-state index in [1.54, 1.807) is 19.1 Å². The van der Waals surface area contributed by atoms with E-state index in [-0.39, 0.29) is 23.7 Å². The van der Waals surface area contributed by atoms with Crippen molar-refractivity contribution in [1.82, 2.24) is 9.29 Å². The highest BCUT2D eigenvalue weighted by molar-refractivity contribution is 7.89. The second kappa shape index (κ2) is 5.39. The van der Waals surface area contributed by atoms with Crippen molar-refractivity contribution < 1.29 is 8.42 Å². The summed E-state index contributed by atoms with van der Waals surface area (Å²) in [6.45, 7) is 1.64. The largest absolute Gasteiger partial charge is 0.245 e. The fourth-order valence-electron chi connectivity index (χ4n) is 1.19. The molecule has 0 saturated carbocycles. The van der Waals surface area contributed by atoms with Crippen LogP contribution < -0.4 is 0 Å². The third-order valence-corrected chi connectivity index (χ3v) is 3.99. The van der Waals surface area contributed by atoms with E-state index >= 15 is 0 Å². The summed E-state index contributed by atoms with van der Waals surface area (Å²) in [6, 6.07) is 6.23. The first-order valence-electron chi connectivity index (χ1n) is 4.79. The van der Waals surface area contributed by atoms with Gasteiger partial charge in [0.15, 0.2) is 0 Å². The quantitative estimate of drug-likeness (QED) is 0.724. The van der Waals surface area contributed by atoms with Crippen molar-refractivity contribution in [3.05, 3.63) is 24.0 Å². The molecule has 0 N–H and O–H groups in total. The minimum Gasteiger partial charge on any atom is -0.244 e. The number of hydrogen-bond donors (Lipinski definition) is 0. The molecule has 1 rings (SSSR count). The Bertz CT molecular complexity index is 566. The summed E-state index contributed by atoms with van der Waals surface area (Å²) in [7, 11) is -3.70. The van der Waals surface area contributed by atoms with Gasteiger partial charge in [-0.1, -0.05) is 6.92 Å². The predicted octanol–water partition coefficient (Wildman–Crippen LogP) is 0.487. The lowest BCUT2D eigenvalue weighted by molar-refractivity contribution is 0.462. The first-order valence-corrected chi connectivity index (χ1v) is 6.23. The molecular formula is C10H10N4O2S. The van der Waals surface area contributed by atoms with Crippen molar-refractivity contribution in [2.45, 2.75) is 11.8 Å². The zero-order chi connectivity index (χ0) is 12.9. The van der Waals surface area contributed by atoms with Crippen molar-refractivity contribution in [1.29, 1.82) is 10.5 Å². The molecule has 0 amide bonds. The fourth-order valence-corrected chi connectivity index (χ4v) is 2.49. The second-order valence-corrected chi connectivity index (χ2v) is 5.02. The van der Waals surface area contributed by atoms with Crippen molar-refractivity contribution in [3.8, 4) is 12.1 Å². The highest BCUT2D eigenvalue weighted by Gasteiger charge is 2.22. The Morgan fingerprint density at radius 2 is 2.12 bits per heavy atom. The van der Waals surface area contributed by atoms with E-state index in [0.29, 0.717) is 0 Å². The lowest BCUT2D eigenvalue weighted by Gasteiger charge is -2.16. The Morgan fingerprint density at radius 3 is 2.53 bits per heavy atom. The molecule has 6 nitrogen and oxygen atoms in total. The molecule has 0 aromatic carbocycles. The van der Waals surface area contributed by atoms with E-state index in [2.05, 4.69) is 4.98 Å². The topological polar surface area (TPSA) is 97.9 Å². The van der Waals surface area contributed by atoms with Gasteiger partial charge in [-0.2, -0.15) is 14.8 Å². The number of nitriles is 2. The molecule has 0 aliphatic rings. The summed E-state index contributed by atoms with van der Waals surface area (Å²) in [4.78, 5) is 3.67. The summed E-state index contributed by atoms with van der Waals surface area (Å²) in [5.41, 5.74) is 0.146. The van der Waals surface area contributed by atoms with E-state index < -0.39 is 10.0 Å². The van der Waals surface area contributed by atoms with E-state index in [1.807, 2.05) is 0 Å². The lowest BCUT2D eigenvalue weighted by Crippen LogP contribution is -2.31. The molecule has 0 unspecified atom stereocenters. The Labute approximate surface area is 99.8 Å². The standard InChI is InChI=1S/C10H10N4O2S/c1-2-14(6-5-11)17(15,16)10-4-3-9(7-12)13-8-10/h3-4,8H,2,6H2,1H3. The molecule has 88 valence electrons. The second-order valence-electron chi connectivity index (χ2n) is 3.08. The van der Waals surface area contributed by atoms with Crippen LogP contribution in [0.5, 0.6) is 0 Å². The Kier molecular flexibility index (Phi) is 4.16. The molecule has 0 aliphatic carbocycles. The van der Waals surface area contributed by atoms with Crippen LogP contribution in [0.1, 0.15) is 12.6 Å². The fraction of sp³-hybridized carbons (Fsp3) is 0.300. The maximum Gasteiger partial charge on any atom is 0.245 e. The first-order chi connectivity index (χ1) is 8.06. The van der Waals surface area contributed by atoms with Gasteiger partial charge in [0, 0.05) is 12.7 Å². The van der Waals surface area contributed by atoms with Crippen LogP contribution in [-0.4, -0.2) is 30.8 Å². The van der Waals surface area contributed by atoms with Gasteiger partial charge in [0.1, 0.15) is 23.2 Å². The molecule has 0 spiro atoms. The Hall–Kier alpha value is -1.96. The van der Waals surface area contributed by atoms with E-state index in [4.69, 9.17) is 10.5 Å². The first kappa shape index (κ1) is 13.1. The van der Waals surface area contributed by atoms with Crippen LogP contribution in [-0.2, 0) is 10.0 Å². The molecule has 0 bridgehead atoms. The number of sulfonamides is 1. The van der Waals surface area contributed by atoms with Gasteiger partial charge in [0.2, 0.25) is 10.0 Å². The third kappa shape index (κ3) is 2.78. The van der Waals surface area contributed by atoms with Gasteiger partial charge in [0.25, 0.3) is 0 Å². The van der Waals surface area contributed by atoms with Crippen LogP contribution in [0.15, 0.2) is 23.2 Å². The summed E-state index contributed by atoms with van der Waals surface area (Å²) in [5.74, 6) is 0. The maximum atomic E-state index is 12.0. The molecule has 7 heteroatoms. The SMILES string of the molecule is CCN(CC#N)S(=O)(=O)c1ccc(C#N)nc1. The molecule has 0 saturated heterocycles. The monoisotopic (exact) mass is 250 g/mol. The highest BCUT2D eigenvalue weighted by Crippen LogP contribution is 2.14. The van der Waals surface area contributed by atoms with Gasteiger partial charge in [-0.25, -0.2) is 13.4 Å². The predicted molar refractivity (Wildman–Crippen MR) is 59.0 cm³/mol.